The van der Waals surface area contributed by atoms with E-state index in [0.29, 0.717) is 54.5 Å². The summed E-state index contributed by atoms with van der Waals surface area (Å²) in [5.74, 6) is -0.445. The van der Waals surface area contributed by atoms with Crippen LogP contribution < -0.4 is 22.1 Å². The topological polar surface area (TPSA) is 173 Å². The van der Waals surface area contributed by atoms with Gasteiger partial charge in [-0.25, -0.2) is 9.97 Å². The zero-order valence-electron chi connectivity index (χ0n) is 21.5. The van der Waals surface area contributed by atoms with Crippen LogP contribution in [0.3, 0.4) is 0 Å². The predicted molar refractivity (Wildman–Crippen MR) is 145 cm³/mol. The van der Waals surface area contributed by atoms with Crippen molar-refractivity contribution >= 4 is 40.5 Å². The molecule has 1 saturated heterocycles. The van der Waals surface area contributed by atoms with Crippen LogP contribution in [0.1, 0.15) is 64.6 Å². The minimum atomic E-state index is -0.700. The zero-order valence-corrected chi connectivity index (χ0v) is 22.3. The van der Waals surface area contributed by atoms with Gasteiger partial charge in [0.25, 0.3) is 11.8 Å². The van der Waals surface area contributed by atoms with Crippen LogP contribution in [-0.4, -0.2) is 75.0 Å². The molecule has 12 nitrogen and oxygen atoms in total. The summed E-state index contributed by atoms with van der Waals surface area (Å²) in [4.78, 5) is 53.5. The number of imidazole rings is 1. The molecule has 3 atom stereocenters. The Morgan fingerprint density at radius 2 is 2.05 bits per heavy atom. The van der Waals surface area contributed by atoms with E-state index >= 15 is 0 Å². The summed E-state index contributed by atoms with van der Waals surface area (Å²) in [6.07, 6.45) is 5.95. The molecule has 0 aromatic carbocycles. The van der Waals surface area contributed by atoms with Gasteiger partial charge in [0.05, 0.1) is 11.9 Å². The normalized spacial score (nSPS) is 18.5. The number of hydrogen-bond acceptors (Lipinski definition) is 8. The number of carbonyl (C=O) groups is 3. The van der Waals surface area contributed by atoms with Gasteiger partial charge in [0, 0.05) is 44.0 Å². The van der Waals surface area contributed by atoms with Crippen molar-refractivity contribution in [1.29, 1.82) is 0 Å². The highest BCUT2D eigenvalue weighted by atomic mass is 32.1. The quantitative estimate of drug-likeness (QED) is 0.170. The lowest BCUT2D eigenvalue weighted by atomic mass is 10.1. The molecule has 4 rings (SSSR count). The fourth-order valence-corrected chi connectivity index (χ4v) is 5.37. The summed E-state index contributed by atoms with van der Waals surface area (Å²) < 4.78 is 1.79. The second-order valence-corrected chi connectivity index (χ2v) is 10.2. The molecular weight excluding hydrogens is 506 g/mol. The molecule has 3 amide bonds. The van der Waals surface area contributed by atoms with E-state index in [9.17, 15) is 14.4 Å². The van der Waals surface area contributed by atoms with Crippen LogP contribution in [0, 0.1) is 0 Å². The highest BCUT2D eigenvalue weighted by Crippen LogP contribution is 2.34. The van der Waals surface area contributed by atoms with Gasteiger partial charge in [-0.2, -0.15) is 0 Å². The van der Waals surface area contributed by atoms with Crippen LogP contribution in [0.5, 0.6) is 0 Å². The Bertz CT molecular complexity index is 1300. The number of pyridine rings is 1. The summed E-state index contributed by atoms with van der Waals surface area (Å²) in [7, 11) is 1.53. The maximum atomic E-state index is 13.4. The van der Waals surface area contributed by atoms with Gasteiger partial charge in [-0.3, -0.25) is 19.4 Å². The van der Waals surface area contributed by atoms with E-state index in [1.54, 1.807) is 27.8 Å². The molecule has 0 radical (unpaired) electrons. The molecule has 4 heterocycles. The number of nitrogens with one attached hydrogen (secondary N) is 2. The number of aliphatic imine (C=N–C) groups is 1. The minimum Gasteiger partial charge on any atom is -0.388 e. The standard InChI is InChI=1S/C25H33N9O3S/c1-15(26)29-9-5-3-7-17(22(35)28-2)31-23(36)19-14-38-24(32-19)20-11-16(27)12-34(20)25(37)18-13-33-10-6-4-8-21(33)30-18/h4,6,8,10,13-14,16-17,20H,3,5,7,9,11-12,27H2,1-2H3,(H2,26,29)(H,28,35)(H,31,36)/t16-,17+,20+/m1/s1. The highest BCUT2D eigenvalue weighted by Gasteiger charge is 2.38. The number of amidine groups is 1. The number of hydrogen-bond donors (Lipinski definition) is 4. The van der Waals surface area contributed by atoms with Gasteiger partial charge >= 0.3 is 0 Å². The largest absolute Gasteiger partial charge is 0.388 e. The zero-order chi connectivity index (χ0) is 27.2. The molecule has 1 aliphatic heterocycles. The van der Waals surface area contributed by atoms with E-state index in [0.717, 1.165) is 6.42 Å². The van der Waals surface area contributed by atoms with Crippen molar-refractivity contribution in [1.82, 2.24) is 29.9 Å². The Kier molecular flexibility index (Phi) is 8.69. The minimum absolute atomic E-state index is 0.197. The Balaban J connectivity index is 1.43. The number of aromatic nitrogens is 3. The highest BCUT2D eigenvalue weighted by molar-refractivity contribution is 7.09. The lowest BCUT2D eigenvalue weighted by molar-refractivity contribution is -0.122. The fraction of sp³-hybridized carbons (Fsp3) is 0.440. The molecule has 1 fully saturated rings. The SMILES string of the molecule is CNC(=O)[C@H](CCCCN=C(C)N)NC(=O)c1csc([C@@H]2C[C@@H](N)CN2C(=O)c2cn3ccccc3n2)n1. The van der Waals surface area contributed by atoms with E-state index in [1.165, 1.54) is 18.4 Å². The number of rotatable bonds is 10. The molecule has 0 bridgehead atoms. The van der Waals surface area contributed by atoms with E-state index in [2.05, 4.69) is 25.6 Å². The molecule has 13 heteroatoms. The van der Waals surface area contributed by atoms with Gasteiger partial charge in [-0.05, 0) is 44.7 Å². The second kappa shape index (κ2) is 12.1. The lowest BCUT2D eigenvalue weighted by Crippen LogP contribution is -2.45. The molecule has 202 valence electrons. The van der Waals surface area contributed by atoms with Gasteiger partial charge < -0.3 is 31.4 Å². The molecule has 3 aromatic heterocycles. The number of nitrogens with zero attached hydrogens (tertiary/aromatic N) is 5. The number of unbranched alkanes of at least 4 members (excludes halogenated alkanes) is 1. The van der Waals surface area contributed by atoms with Gasteiger partial charge in [0.1, 0.15) is 28.1 Å². The number of nitrogens with two attached hydrogens (primary N) is 2. The molecule has 38 heavy (non-hydrogen) atoms. The molecule has 0 unspecified atom stereocenters. The Hall–Kier alpha value is -3.84. The average molecular weight is 540 g/mol. The summed E-state index contributed by atoms with van der Waals surface area (Å²) in [5, 5.41) is 7.64. The van der Waals surface area contributed by atoms with Gasteiger partial charge in [0.15, 0.2) is 0 Å². The van der Waals surface area contributed by atoms with Gasteiger partial charge in [-0.15, -0.1) is 11.3 Å². The third kappa shape index (κ3) is 6.34. The lowest BCUT2D eigenvalue weighted by Gasteiger charge is -2.22. The summed E-state index contributed by atoms with van der Waals surface area (Å²) in [6.45, 7) is 2.66. The maximum absolute atomic E-state index is 13.4. The first-order valence-corrected chi connectivity index (χ1v) is 13.4. The molecule has 1 aliphatic rings. The molecular formula is C25H33N9O3S. The molecule has 0 spiro atoms. The smallest absolute Gasteiger partial charge is 0.274 e. The van der Waals surface area contributed by atoms with E-state index in [4.69, 9.17) is 11.5 Å². The number of fused-ring (bicyclic) bond motifs is 1. The van der Waals surface area contributed by atoms with Gasteiger partial charge in [0.2, 0.25) is 5.91 Å². The first-order valence-electron chi connectivity index (χ1n) is 12.5. The number of amides is 3. The number of thiazole rings is 1. The number of likely N-dealkylation sites (N-methyl/N-ethyl adjacent to an activating group) is 1. The van der Waals surface area contributed by atoms with Crippen molar-refractivity contribution in [3.05, 3.63) is 52.4 Å². The van der Waals surface area contributed by atoms with Crippen LogP contribution >= 0.6 is 11.3 Å². The van der Waals surface area contributed by atoms with Crippen molar-refractivity contribution in [2.45, 2.75) is 50.7 Å². The monoisotopic (exact) mass is 539 g/mol. The average Bonchev–Trinajstić information content (AvgIpc) is 3.64. The first-order chi connectivity index (χ1) is 18.3. The Labute approximate surface area is 224 Å². The molecule has 0 aliphatic carbocycles. The third-order valence-electron chi connectivity index (χ3n) is 6.35. The van der Waals surface area contributed by atoms with E-state index < -0.39 is 11.9 Å². The van der Waals surface area contributed by atoms with E-state index in [-0.39, 0.29) is 29.6 Å². The maximum Gasteiger partial charge on any atom is 0.274 e. The molecule has 3 aromatic rings. The fourth-order valence-electron chi connectivity index (χ4n) is 4.45. The first kappa shape index (κ1) is 27.2. The Morgan fingerprint density at radius 1 is 1.24 bits per heavy atom. The van der Waals surface area contributed by atoms with Crippen molar-refractivity contribution in [3.63, 3.8) is 0 Å². The van der Waals surface area contributed by atoms with Crippen molar-refractivity contribution in [3.8, 4) is 0 Å². The molecule has 6 N–H and O–H groups in total. The second-order valence-electron chi connectivity index (χ2n) is 9.29. The van der Waals surface area contributed by atoms with Crippen molar-refractivity contribution in [2.24, 2.45) is 16.5 Å². The van der Waals surface area contributed by atoms with Crippen LogP contribution in [0.2, 0.25) is 0 Å². The van der Waals surface area contributed by atoms with Crippen LogP contribution in [0.15, 0.2) is 41.0 Å². The van der Waals surface area contributed by atoms with Crippen LogP contribution in [0.25, 0.3) is 5.65 Å². The molecule has 0 saturated carbocycles. The van der Waals surface area contributed by atoms with Crippen LogP contribution in [-0.2, 0) is 4.79 Å². The summed E-state index contributed by atoms with van der Waals surface area (Å²) in [6, 6.07) is 4.28. The third-order valence-corrected chi connectivity index (χ3v) is 7.29. The van der Waals surface area contributed by atoms with Crippen molar-refractivity contribution in [2.75, 3.05) is 20.1 Å². The number of carbonyl (C=O) groups excluding carboxylic acids is 3. The van der Waals surface area contributed by atoms with Crippen molar-refractivity contribution < 1.29 is 14.4 Å². The summed E-state index contributed by atoms with van der Waals surface area (Å²) >= 11 is 1.29. The summed E-state index contributed by atoms with van der Waals surface area (Å²) in [5.41, 5.74) is 13.0. The van der Waals surface area contributed by atoms with Gasteiger partial charge in [-0.1, -0.05) is 6.07 Å². The number of likely N-dealkylation sites (tertiary alicyclic amines) is 1. The Morgan fingerprint density at radius 3 is 2.79 bits per heavy atom. The van der Waals surface area contributed by atoms with E-state index in [1.807, 2.05) is 24.4 Å². The predicted octanol–water partition coefficient (Wildman–Crippen LogP) is 1.10. The van der Waals surface area contributed by atoms with Crippen LogP contribution in [0.4, 0.5) is 0 Å².